The summed E-state index contributed by atoms with van der Waals surface area (Å²) in [6, 6.07) is -1.57. The Morgan fingerprint density at radius 1 is 0.900 bits per heavy atom. The minimum absolute atomic E-state index is 0. The number of aliphatic carboxylic acids is 2. The molecule has 0 aromatic carbocycles. The van der Waals surface area contributed by atoms with Gasteiger partial charge >= 0.3 is 65.1 Å². The average molecular weight is 599 g/mol. The van der Waals surface area contributed by atoms with Crippen LogP contribution in [0.4, 0.5) is 4.79 Å². The van der Waals surface area contributed by atoms with Crippen molar-refractivity contribution in [2.75, 3.05) is 24.6 Å². The molecule has 7 nitrogen and oxygen atoms in total. The van der Waals surface area contributed by atoms with Crippen LogP contribution in [-0.4, -0.2) is 53.5 Å². The minimum Gasteiger partial charge on any atom is -0.550 e. The summed E-state index contributed by atoms with van der Waals surface area (Å²) in [7, 11) is 0. The summed E-state index contributed by atoms with van der Waals surface area (Å²) < 4.78 is 0. The first-order chi connectivity index (χ1) is 18.0. The zero-order valence-electron chi connectivity index (χ0n) is 26.5. The van der Waals surface area contributed by atoms with Gasteiger partial charge in [0.25, 0.3) is 0 Å². The van der Waals surface area contributed by atoms with Crippen LogP contribution in [0.25, 0.3) is 0 Å². The monoisotopic (exact) mass is 598 g/mol. The number of piperidine rings is 1. The standard InChI is InChI=1S/C30H54N2O5S.2Na/c1-22(2)9-6-10-23(3)11-7-12-24(4)13-8-14-25(5)17-20-38-21-27(29(35)36)31-30(37)32-18-15-26(16-19-32)28(33)34;;/h17,22-24,26-27H,6-16,18-21H2,1-5H3,(H,31,37)(H,33,34)(H,35,36);;/q;2*+1/p-2/b25-17+;;/t23?,24?,27-;;/m0../s1. The maximum atomic E-state index is 12.4. The molecule has 2 unspecified atom stereocenters. The van der Waals surface area contributed by atoms with Crippen molar-refractivity contribution in [2.45, 2.75) is 111 Å². The fourth-order valence-corrected chi connectivity index (χ4v) is 5.92. The van der Waals surface area contributed by atoms with Gasteiger partial charge in [-0.1, -0.05) is 84.3 Å². The van der Waals surface area contributed by atoms with Gasteiger partial charge in [0.2, 0.25) is 0 Å². The number of nitrogens with one attached hydrogen (secondary N) is 1. The van der Waals surface area contributed by atoms with Crippen molar-refractivity contribution >= 4 is 29.7 Å². The Bertz CT molecular complexity index is 746. The molecule has 3 atom stereocenters. The van der Waals surface area contributed by atoms with Crippen LogP contribution >= 0.6 is 11.8 Å². The van der Waals surface area contributed by atoms with Crippen LogP contribution in [0.2, 0.25) is 0 Å². The van der Waals surface area contributed by atoms with Gasteiger partial charge in [-0.25, -0.2) is 4.79 Å². The summed E-state index contributed by atoms with van der Waals surface area (Å²) in [5, 5.41) is 25.0. The SMILES string of the molecule is C/C(=C\CSC[C@H](NC(=O)N1CCC(C(=O)[O-])CC1)C(=O)[O-])CCCC(C)CCCC(C)CCCC(C)C.[Na+].[Na+]. The summed E-state index contributed by atoms with van der Waals surface area (Å²) >= 11 is 1.45. The van der Waals surface area contributed by atoms with Crippen LogP contribution in [0.1, 0.15) is 105 Å². The number of carboxylic acids is 2. The van der Waals surface area contributed by atoms with E-state index in [4.69, 9.17) is 0 Å². The van der Waals surface area contributed by atoms with Crippen LogP contribution in [0.3, 0.4) is 0 Å². The summed E-state index contributed by atoms with van der Waals surface area (Å²) in [5.41, 5.74) is 1.31. The maximum absolute atomic E-state index is 12.4. The molecule has 220 valence electrons. The van der Waals surface area contributed by atoms with Crippen LogP contribution in [-0.2, 0) is 9.59 Å². The molecule has 0 aromatic rings. The first-order valence-electron chi connectivity index (χ1n) is 14.7. The van der Waals surface area contributed by atoms with Crippen molar-refractivity contribution < 1.29 is 83.7 Å². The largest absolute Gasteiger partial charge is 1.00 e. The third-order valence-corrected chi connectivity index (χ3v) is 8.64. The molecule has 1 aliphatic heterocycles. The molecule has 0 radical (unpaired) electrons. The summed E-state index contributed by atoms with van der Waals surface area (Å²) in [4.78, 5) is 36.3. The number of likely N-dealkylation sites (tertiary alicyclic amines) is 1. The molecular weight excluding hydrogens is 546 g/mol. The zero-order valence-corrected chi connectivity index (χ0v) is 31.3. The summed E-state index contributed by atoms with van der Waals surface area (Å²) in [6.45, 7) is 12.0. The first-order valence-corrected chi connectivity index (χ1v) is 15.9. The Hall–Kier alpha value is 0.300. The van der Waals surface area contributed by atoms with Gasteiger partial charge in [0.15, 0.2) is 0 Å². The van der Waals surface area contributed by atoms with E-state index in [-0.39, 0.29) is 78.0 Å². The van der Waals surface area contributed by atoms with Gasteiger partial charge in [-0.15, -0.1) is 0 Å². The molecule has 40 heavy (non-hydrogen) atoms. The maximum Gasteiger partial charge on any atom is 1.00 e. The van der Waals surface area contributed by atoms with Crippen molar-refractivity contribution in [2.24, 2.45) is 23.7 Å². The molecule has 2 amide bonds. The number of amides is 2. The Morgan fingerprint density at radius 3 is 1.93 bits per heavy atom. The number of thioether (sulfide) groups is 1. The fraction of sp³-hybridized carbons (Fsp3) is 0.833. The van der Waals surface area contributed by atoms with Crippen LogP contribution in [0.15, 0.2) is 11.6 Å². The second kappa shape index (κ2) is 24.7. The Kier molecular flexibility index (Phi) is 26.2. The molecule has 0 spiro atoms. The van der Waals surface area contributed by atoms with Crippen molar-refractivity contribution in [1.29, 1.82) is 0 Å². The smallest absolute Gasteiger partial charge is 0.550 e. The molecule has 0 bridgehead atoms. The molecule has 1 heterocycles. The van der Waals surface area contributed by atoms with E-state index in [0.717, 1.165) is 24.2 Å². The fourth-order valence-electron chi connectivity index (χ4n) is 4.92. The number of carbonyl (C=O) groups excluding carboxylic acids is 3. The third-order valence-electron chi connectivity index (χ3n) is 7.67. The van der Waals surface area contributed by atoms with E-state index in [0.29, 0.717) is 18.6 Å². The zero-order chi connectivity index (χ0) is 28.5. The molecule has 1 rings (SSSR count). The van der Waals surface area contributed by atoms with Crippen LogP contribution in [0.5, 0.6) is 0 Å². The molecular formula is C30H52N2Na2O5S. The van der Waals surface area contributed by atoms with E-state index < -0.39 is 29.9 Å². The first kappa shape index (κ1) is 42.4. The van der Waals surface area contributed by atoms with Gasteiger partial charge in [-0.05, 0) is 50.4 Å². The Labute approximate surface area is 292 Å². The van der Waals surface area contributed by atoms with Gasteiger partial charge in [0.05, 0.1) is 12.0 Å². The normalized spacial score (nSPS) is 16.4. The summed E-state index contributed by atoms with van der Waals surface area (Å²) in [6.07, 6.45) is 14.3. The van der Waals surface area contributed by atoms with E-state index in [1.807, 2.05) is 0 Å². The number of urea groups is 1. The van der Waals surface area contributed by atoms with E-state index in [1.165, 1.54) is 73.6 Å². The van der Waals surface area contributed by atoms with Gasteiger partial charge in [0.1, 0.15) is 0 Å². The second-order valence-corrected chi connectivity index (χ2v) is 12.9. The van der Waals surface area contributed by atoms with Gasteiger partial charge in [0, 0.05) is 36.5 Å². The van der Waals surface area contributed by atoms with Crippen molar-refractivity contribution in [3.05, 3.63) is 11.6 Å². The molecule has 1 saturated heterocycles. The number of hydrogen-bond donors (Lipinski definition) is 1. The van der Waals surface area contributed by atoms with Gasteiger partial charge in [-0.2, -0.15) is 11.8 Å². The summed E-state index contributed by atoms with van der Waals surface area (Å²) in [5.74, 6) is 0.345. The van der Waals surface area contributed by atoms with Crippen LogP contribution in [0, 0.1) is 23.7 Å². The average Bonchev–Trinajstić information content (AvgIpc) is 2.85. The number of hydrogen-bond acceptors (Lipinski definition) is 6. The van der Waals surface area contributed by atoms with E-state index in [9.17, 15) is 24.6 Å². The van der Waals surface area contributed by atoms with E-state index in [2.05, 4.69) is 46.0 Å². The number of carbonyl (C=O) groups is 3. The van der Waals surface area contributed by atoms with Crippen molar-refractivity contribution in [1.82, 2.24) is 10.2 Å². The molecule has 1 fully saturated rings. The predicted molar refractivity (Wildman–Crippen MR) is 152 cm³/mol. The molecule has 0 saturated carbocycles. The molecule has 1 N–H and O–H groups in total. The molecule has 10 heteroatoms. The van der Waals surface area contributed by atoms with E-state index in [1.54, 1.807) is 0 Å². The number of rotatable bonds is 19. The number of allylic oxidation sites excluding steroid dienone is 1. The second-order valence-electron chi connectivity index (χ2n) is 11.8. The quantitative estimate of drug-likeness (QED) is 0.109. The molecule has 0 aromatic heterocycles. The van der Waals surface area contributed by atoms with Gasteiger partial charge < -0.3 is 30.0 Å². The Balaban J connectivity index is 0. The van der Waals surface area contributed by atoms with Crippen molar-refractivity contribution in [3.63, 3.8) is 0 Å². The number of carboxylic acid groups (broad SMARTS) is 2. The third kappa shape index (κ3) is 20.2. The predicted octanol–water partition coefficient (Wildman–Crippen LogP) is -1.60. The Morgan fingerprint density at radius 2 is 1.43 bits per heavy atom. The van der Waals surface area contributed by atoms with Crippen molar-refractivity contribution in [3.8, 4) is 0 Å². The topological polar surface area (TPSA) is 113 Å². The minimum atomic E-state index is -1.31. The van der Waals surface area contributed by atoms with Gasteiger partial charge in [-0.3, -0.25) is 0 Å². The number of nitrogens with zero attached hydrogens (tertiary/aromatic N) is 1. The molecule has 0 aliphatic carbocycles. The molecule has 1 aliphatic rings. The van der Waals surface area contributed by atoms with Crippen LogP contribution < -0.4 is 74.6 Å². The van der Waals surface area contributed by atoms with E-state index >= 15 is 0 Å².